The van der Waals surface area contributed by atoms with E-state index in [0.717, 1.165) is 19.1 Å². The Morgan fingerprint density at radius 2 is 1.66 bits per heavy atom. The Kier molecular flexibility index (Phi) is 6.42. The summed E-state index contributed by atoms with van der Waals surface area (Å²) in [7, 11) is 0. The fourth-order valence-corrected chi connectivity index (χ4v) is 2.75. The van der Waals surface area contributed by atoms with E-state index in [9.17, 15) is 39.9 Å². The zero-order chi connectivity index (χ0) is 22.1. The van der Waals surface area contributed by atoms with Crippen molar-refractivity contribution in [3.63, 3.8) is 0 Å². The van der Waals surface area contributed by atoms with Crippen LogP contribution in [0.3, 0.4) is 0 Å². The normalized spacial score (nSPS) is 14.1. The van der Waals surface area contributed by atoms with Crippen molar-refractivity contribution in [2.75, 3.05) is 0 Å². The maximum absolute atomic E-state index is 14.5. The van der Waals surface area contributed by atoms with Gasteiger partial charge in [0.15, 0.2) is 5.78 Å². The first-order chi connectivity index (χ1) is 13.2. The standard InChI is InChI=1S/C19H11ClF8O/c1-9(29)12-4-2-11(6-14(12)19(26,27)28)17(22)8-13(18(23,24)25)10-3-5-16(21)15(20)7-10/h2-8,13H,1H3/b17-8-. The Morgan fingerprint density at radius 3 is 2.14 bits per heavy atom. The summed E-state index contributed by atoms with van der Waals surface area (Å²) in [5.74, 6) is -6.13. The first-order valence-electron chi connectivity index (χ1n) is 7.83. The smallest absolute Gasteiger partial charge is 0.294 e. The average molecular weight is 443 g/mol. The molecule has 1 atom stereocenters. The number of hydrogen-bond acceptors (Lipinski definition) is 1. The molecular formula is C19H11ClF8O. The molecule has 156 valence electrons. The van der Waals surface area contributed by atoms with Crippen molar-refractivity contribution in [3.8, 4) is 0 Å². The summed E-state index contributed by atoms with van der Waals surface area (Å²) in [4.78, 5) is 11.3. The Bertz CT molecular complexity index is 960. The molecule has 0 aliphatic rings. The molecule has 1 unspecified atom stereocenters. The first-order valence-corrected chi connectivity index (χ1v) is 8.21. The molecule has 2 rings (SSSR count). The van der Waals surface area contributed by atoms with E-state index in [2.05, 4.69) is 0 Å². The van der Waals surface area contributed by atoms with Gasteiger partial charge in [-0.3, -0.25) is 4.79 Å². The van der Waals surface area contributed by atoms with E-state index in [4.69, 9.17) is 11.6 Å². The lowest BCUT2D eigenvalue weighted by Gasteiger charge is -2.18. The number of allylic oxidation sites excluding steroid dienone is 1. The van der Waals surface area contributed by atoms with Crippen LogP contribution in [0, 0.1) is 5.82 Å². The largest absolute Gasteiger partial charge is 0.417 e. The van der Waals surface area contributed by atoms with Crippen LogP contribution in [0.1, 0.15) is 39.9 Å². The predicted molar refractivity (Wildman–Crippen MR) is 90.7 cm³/mol. The van der Waals surface area contributed by atoms with Crippen LogP contribution in [0.15, 0.2) is 42.5 Å². The van der Waals surface area contributed by atoms with Crippen LogP contribution in [-0.2, 0) is 6.18 Å². The second-order valence-corrected chi connectivity index (χ2v) is 6.43. The molecule has 1 nitrogen and oxygen atoms in total. The van der Waals surface area contributed by atoms with Crippen molar-refractivity contribution in [2.45, 2.75) is 25.2 Å². The number of benzene rings is 2. The number of carbonyl (C=O) groups excluding carboxylic acids is 1. The molecule has 0 saturated heterocycles. The first kappa shape index (κ1) is 22.9. The number of rotatable bonds is 4. The lowest BCUT2D eigenvalue weighted by molar-refractivity contribution is -0.140. The summed E-state index contributed by atoms with van der Waals surface area (Å²) in [6.45, 7) is 0.869. The van der Waals surface area contributed by atoms with Crippen LogP contribution in [0.4, 0.5) is 35.1 Å². The lowest BCUT2D eigenvalue weighted by Crippen LogP contribution is -2.19. The summed E-state index contributed by atoms with van der Waals surface area (Å²) in [5, 5.41) is -0.629. The number of hydrogen-bond donors (Lipinski definition) is 0. The Balaban J connectivity index is 2.58. The molecule has 0 spiro atoms. The third-order valence-electron chi connectivity index (χ3n) is 3.95. The topological polar surface area (TPSA) is 17.1 Å². The molecule has 0 bridgehead atoms. The van der Waals surface area contributed by atoms with E-state index in [1.807, 2.05) is 0 Å². The van der Waals surface area contributed by atoms with Crippen LogP contribution in [0.25, 0.3) is 5.83 Å². The van der Waals surface area contributed by atoms with Crippen LogP contribution in [-0.4, -0.2) is 12.0 Å². The lowest BCUT2D eigenvalue weighted by atomic mass is 9.95. The molecule has 0 aliphatic heterocycles. The molecule has 0 aliphatic carbocycles. The Labute approximate surface area is 164 Å². The summed E-state index contributed by atoms with van der Waals surface area (Å²) in [5.41, 5.74) is -3.62. The van der Waals surface area contributed by atoms with Gasteiger partial charge in [0.05, 0.1) is 10.6 Å². The zero-order valence-corrected chi connectivity index (χ0v) is 15.2. The predicted octanol–water partition coefficient (Wildman–Crippen LogP) is 7.36. The summed E-state index contributed by atoms with van der Waals surface area (Å²) in [6.07, 6.45) is -10.00. The molecule has 0 amide bonds. The average Bonchev–Trinajstić information content (AvgIpc) is 2.59. The van der Waals surface area contributed by atoms with E-state index < -0.39 is 63.0 Å². The van der Waals surface area contributed by atoms with Crippen molar-refractivity contribution in [1.82, 2.24) is 0 Å². The quantitative estimate of drug-likeness (QED) is 0.357. The minimum atomic E-state index is -5.04. The van der Waals surface area contributed by atoms with Gasteiger partial charge in [0.2, 0.25) is 0 Å². The van der Waals surface area contributed by atoms with E-state index in [1.54, 1.807) is 0 Å². The molecule has 0 heterocycles. The molecule has 0 fully saturated rings. The van der Waals surface area contributed by atoms with Gasteiger partial charge >= 0.3 is 12.4 Å². The molecule has 29 heavy (non-hydrogen) atoms. The number of halogens is 9. The summed E-state index contributed by atoms with van der Waals surface area (Å²) in [6, 6.07) is 3.76. The molecule has 0 radical (unpaired) electrons. The van der Waals surface area contributed by atoms with Gasteiger partial charge in [-0.05, 0) is 36.8 Å². The van der Waals surface area contributed by atoms with Gasteiger partial charge in [0, 0.05) is 11.1 Å². The highest BCUT2D eigenvalue weighted by molar-refractivity contribution is 6.30. The minimum absolute atomic E-state index is 0.0620. The van der Waals surface area contributed by atoms with Crippen LogP contribution in [0.2, 0.25) is 5.02 Å². The van der Waals surface area contributed by atoms with Gasteiger partial charge in [-0.25, -0.2) is 8.78 Å². The minimum Gasteiger partial charge on any atom is -0.294 e. The molecule has 0 saturated carbocycles. The second-order valence-electron chi connectivity index (χ2n) is 6.02. The van der Waals surface area contributed by atoms with Gasteiger partial charge < -0.3 is 0 Å². The Morgan fingerprint density at radius 1 is 1.03 bits per heavy atom. The van der Waals surface area contributed by atoms with Crippen LogP contribution in [0.5, 0.6) is 0 Å². The Hall–Kier alpha value is -2.42. The maximum Gasteiger partial charge on any atom is 0.417 e. The molecule has 0 aromatic heterocycles. The highest BCUT2D eigenvalue weighted by atomic mass is 35.5. The fraction of sp³-hybridized carbons (Fsp3) is 0.211. The third-order valence-corrected chi connectivity index (χ3v) is 4.24. The van der Waals surface area contributed by atoms with Crippen LogP contribution < -0.4 is 0 Å². The highest BCUT2D eigenvalue weighted by Crippen LogP contribution is 2.40. The third kappa shape index (κ3) is 5.35. The fourth-order valence-electron chi connectivity index (χ4n) is 2.56. The second kappa shape index (κ2) is 8.14. The number of carbonyl (C=O) groups is 1. The molecule has 2 aromatic rings. The van der Waals surface area contributed by atoms with Crippen molar-refractivity contribution in [3.05, 3.63) is 75.6 Å². The van der Waals surface area contributed by atoms with Gasteiger partial charge in [-0.1, -0.05) is 29.8 Å². The van der Waals surface area contributed by atoms with E-state index >= 15 is 0 Å². The highest BCUT2D eigenvalue weighted by Gasteiger charge is 2.40. The van der Waals surface area contributed by atoms with Crippen molar-refractivity contribution in [2.24, 2.45) is 0 Å². The maximum atomic E-state index is 14.5. The monoisotopic (exact) mass is 442 g/mol. The molecule has 10 heteroatoms. The van der Waals surface area contributed by atoms with Crippen molar-refractivity contribution in [1.29, 1.82) is 0 Å². The molecule has 0 N–H and O–H groups in total. The number of Topliss-reactive ketones (excluding diaryl/α,β-unsaturated/α-hetero) is 1. The SMILES string of the molecule is CC(=O)c1ccc(/C(F)=C/C(c2ccc(F)c(Cl)c2)C(F)(F)F)cc1C(F)(F)F. The van der Waals surface area contributed by atoms with Gasteiger partial charge in [0.25, 0.3) is 0 Å². The van der Waals surface area contributed by atoms with Crippen molar-refractivity contribution >= 4 is 23.2 Å². The van der Waals surface area contributed by atoms with E-state index in [0.29, 0.717) is 18.2 Å². The van der Waals surface area contributed by atoms with Crippen LogP contribution >= 0.6 is 11.6 Å². The van der Waals surface area contributed by atoms with Crippen molar-refractivity contribution < 1.29 is 39.9 Å². The zero-order valence-electron chi connectivity index (χ0n) is 14.4. The number of alkyl halides is 6. The van der Waals surface area contributed by atoms with Gasteiger partial charge in [-0.15, -0.1) is 0 Å². The molecule has 2 aromatic carbocycles. The van der Waals surface area contributed by atoms with E-state index in [-0.39, 0.29) is 12.1 Å². The number of ketones is 1. The molecular weight excluding hydrogens is 432 g/mol. The summed E-state index contributed by atoms with van der Waals surface area (Å²) < 4.78 is 107. The summed E-state index contributed by atoms with van der Waals surface area (Å²) >= 11 is 5.47. The van der Waals surface area contributed by atoms with Gasteiger partial charge in [-0.2, -0.15) is 26.3 Å². The van der Waals surface area contributed by atoms with E-state index in [1.165, 1.54) is 0 Å². The van der Waals surface area contributed by atoms with Gasteiger partial charge in [0.1, 0.15) is 17.6 Å².